The van der Waals surface area contributed by atoms with Gasteiger partial charge in [0.1, 0.15) is 5.82 Å². The molecule has 0 bridgehead atoms. The average molecular weight is 255 g/mol. The van der Waals surface area contributed by atoms with Crippen LogP contribution in [0.15, 0.2) is 18.2 Å². The Balaban J connectivity index is 3.01. The van der Waals surface area contributed by atoms with Gasteiger partial charge in [0.2, 0.25) is 10.0 Å². The number of anilines is 1. The van der Waals surface area contributed by atoms with Crippen molar-refractivity contribution >= 4 is 21.8 Å². The van der Waals surface area contributed by atoms with Crippen molar-refractivity contribution in [3.8, 4) is 6.07 Å². The highest BCUT2D eigenvalue weighted by Gasteiger charge is 2.20. The molecule has 2 N–H and O–H groups in total. The van der Waals surface area contributed by atoms with E-state index in [-0.39, 0.29) is 11.5 Å². The van der Waals surface area contributed by atoms with Gasteiger partial charge in [-0.25, -0.2) is 18.2 Å². The number of carboxylic acid groups (broad SMARTS) is 1. The number of nitrogens with zero attached hydrogens (tertiary/aromatic N) is 2. The molecular formula is C9H9N3O4S. The van der Waals surface area contributed by atoms with Crippen LogP contribution in [0.25, 0.3) is 0 Å². The first-order valence-electron chi connectivity index (χ1n) is 4.48. The molecule has 1 atom stereocenters. The molecule has 1 rings (SSSR count). The monoisotopic (exact) mass is 255 g/mol. The van der Waals surface area contributed by atoms with E-state index in [0.29, 0.717) is 0 Å². The molecule has 0 spiro atoms. The van der Waals surface area contributed by atoms with Crippen molar-refractivity contribution < 1.29 is 18.3 Å². The quantitative estimate of drug-likeness (QED) is 0.805. The Morgan fingerprint density at radius 1 is 1.59 bits per heavy atom. The maximum absolute atomic E-state index is 11.5. The van der Waals surface area contributed by atoms with E-state index >= 15 is 0 Å². The van der Waals surface area contributed by atoms with Gasteiger partial charge in [0, 0.05) is 0 Å². The smallest absolute Gasteiger partial charge is 0.354 e. The highest BCUT2D eigenvalue weighted by molar-refractivity contribution is 7.93. The average Bonchev–Trinajstić information content (AvgIpc) is 2.27. The van der Waals surface area contributed by atoms with Crippen molar-refractivity contribution in [1.29, 1.82) is 5.26 Å². The van der Waals surface area contributed by atoms with Gasteiger partial charge in [-0.05, 0) is 19.1 Å². The fourth-order valence-corrected chi connectivity index (χ4v) is 1.63. The minimum atomic E-state index is -3.87. The van der Waals surface area contributed by atoms with Gasteiger partial charge < -0.3 is 5.11 Å². The Morgan fingerprint density at radius 2 is 2.24 bits per heavy atom. The zero-order chi connectivity index (χ0) is 13.1. The van der Waals surface area contributed by atoms with Gasteiger partial charge in [0.15, 0.2) is 10.9 Å². The zero-order valence-electron chi connectivity index (χ0n) is 8.78. The zero-order valence-corrected chi connectivity index (χ0v) is 9.60. The number of hydrogen-bond donors (Lipinski definition) is 2. The topological polar surface area (TPSA) is 120 Å². The lowest BCUT2D eigenvalue weighted by Crippen LogP contribution is -2.24. The van der Waals surface area contributed by atoms with Crippen LogP contribution in [0.2, 0.25) is 0 Å². The summed E-state index contributed by atoms with van der Waals surface area (Å²) in [5, 5.41) is 15.9. The van der Waals surface area contributed by atoms with Gasteiger partial charge in [-0.15, -0.1) is 0 Å². The highest BCUT2D eigenvalue weighted by atomic mass is 32.2. The van der Waals surface area contributed by atoms with E-state index in [1.807, 2.05) is 4.72 Å². The molecule has 7 nitrogen and oxygen atoms in total. The van der Waals surface area contributed by atoms with E-state index in [1.165, 1.54) is 25.1 Å². The Hall–Kier alpha value is -2.14. The summed E-state index contributed by atoms with van der Waals surface area (Å²) >= 11 is 0. The lowest BCUT2D eigenvalue weighted by Gasteiger charge is -2.08. The third-order valence-electron chi connectivity index (χ3n) is 1.86. The minimum absolute atomic E-state index is 0.132. The van der Waals surface area contributed by atoms with Crippen molar-refractivity contribution in [2.75, 3.05) is 4.72 Å². The first kappa shape index (κ1) is 12.9. The van der Waals surface area contributed by atoms with Gasteiger partial charge in [0.05, 0.1) is 6.07 Å². The Kier molecular flexibility index (Phi) is 3.65. The third kappa shape index (κ3) is 3.15. The molecule has 0 aromatic carbocycles. The first-order chi connectivity index (χ1) is 7.86. The van der Waals surface area contributed by atoms with Crippen LogP contribution in [0.3, 0.4) is 0 Å². The first-order valence-corrected chi connectivity index (χ1v) is 6.03. The number of hydrogen-bond acceptors (Lipinski definition) is 5. The van der Waals surface area contributed by atoms with Gasteiger partial charge in [-0.1, -0.05) is 6.07 Å². The SMILES string of the molecule is CC(C#N)S(=O)(=O)Nc1cccc(C(=O)O)n1. The molecule has 0 amide bonds. The second-order valence-corrected chi connectivity index (χ2v) is 5.13. The van der Waals surface area contributed by atoms with Crippen LogP contribution in [0, 0.1) is 11.3 Å². The van der Waals surface area contributed by atoms with Crippen LogP contribution < -0.4 is 4.72 Å². The maximum Gasteiger partial charge on any atom is 0.354 e. The summed E-state index contributed by atoms with van der Waals surface area (Å²) < 4.78 is 25.0. The third-order valence-corrected chi connectivity index (χ3v) is 3.39. The molecule has 0 fully saturated rings. The van der Waals surface area contributed by atoms with Crippen molar-refractivity contribution in [1.82, 2.24) is 4.98 Å². The van der Waals surface area contributed by atoms with Crippen molar-refractivity contribution in [3.63, 3.8) is 0 Å². The number of nitriles is 1. The Labute approximate surface area is 97.8 Å². The van der Waals surface area contributed by atoms with Crippen LogP contribution in [0.4, 0.5) is 5.82 Å². The molecule has 0 radical (unpaired) electrons. The van der Waals surface area contributed by atoms with Crippen molar-refractivity contribution in [2.45, 2.75) is 12.2 Å². The van der Waals surface area contributed by atoms with Crippen LogP contribution in [-0.4, -0.2) is 29.7 Å². The highest BCUT2D eigenvalue weighted by Crippen LogP contribution is 2.09. The molecule has 1 aromatic heterocycles. The number of aromatic nitrogens is 1. The fraction of sp³-hybridized carbons (Fsp3) is 0.222. The summed E-state index contributed by atoms with van der Waals surface area (Å²) in [7, 11) is -3.87. The number of carboxylic acids is 1. The summed E-state index contributed by atoms with van der Waals surface area (Å²) in [5.74, 6) is -1.40. The van der Waals surface area contributed by atoms with Crippen molar-refractivity contribution in [2.24, 2.45) is 0 Å². The molecule has 1 unspecified atom stereocenters. The largest absolute Gasteiger partial charge is 0.477 e. The van der Waals surface area contributed by atoms with E-state index < -0.39 is 21.2 Å². The molecule has 17 heavy (non-hydrogen) atoms. The molecule has 0 saturated heterocycles. The van der Waals surface area contributed by atoms with E-state index in [4.69, 9.17) is 10.4 Å². The van der Waals surface area contributed by atoms with E-state index in [0.717, 1.165) is 0 Å². The minimum Gasteiger partial charge on any atom is -0.477 e. The number of aromatic carboxylic acids is 1. The number of sulfonamides is 1. The standard InChI is InChI=1S/C9H9N3O4S/c1-6(5-10)17(15,16)12-8-4-2-3-7(11-8)9(13)14/h2-4,6H,1H3,(H,11,12)(H,13,14). The normalized spacial score (nSPS) is 12.5. The van der Waals surface area contributed by atoms with Crippen LogP contribution in [0.1, 0.15) is 17.4 Å². The summed E-state index contributed by atoms with van der Waals surface area (Å²) in [6.07, 6.45) is 0. The summed E-state index contributed by atoms with van der Waals surface area (Å²) in [6, 6.07) is 5.45. The lowest BCUT2D eigenvalue weighted by molar-refractivity contribution is 0.0690. The predicted molar refractivity (Wildman–Crippen MR) is 58.8 cm³/mol. The molecule has 0 aliphatic rings. The van der Waals surface area contributed by atoms with Gasteiger partial charge >= 0.3 is 5.97 Å². The number of pyridine rings is 1. The molecular weight excluding hydrogens is 246 g/mol. The molecule has 1 aromatic rings. The van der Waals surface area contributed by atoms with Gasteiger partial charge in [-0.2, -0.15) is 5.26 Å². The maximum atomic E-state index is 11.5. The van der Waals surface area contributed by atoms with Crippen LogP contribution >= 0.6 is 0 Å². The Morgan fingerprint density at radius 3 is 2.76 bits per heavy atom. The predicted octanol–water partition coefficient (Wildman–Crippen LogP) is 0.434. The lowest BCUT2D eigenvalue weighted by atomic mass is 10.3. The molecule has 90 valence electrons. The van der Waals surface area contributed by atoms with Crippen LogP contribution in [0.5, 0.6) is 0 Å². The fourth-order valence-electron chi connectivity index (χ4n) is 0.914. The van der Waals surface area contributed by atoms with Gasteiger partial charge in [-0.3, -0.25) is 4.72 Å². The number of nitrogens with one attached hydrogen (secondary N) is 1. The summed E-state index contributed by atoms with van der Waals surface area (Å²) in [4.78, 5) is 14.2. The van der Waals surface area contributed by atoms with Crippen LogP contribution in [-0.2, 0) is 10.0 Å². The van der Waals surface area contributed by atoms with E-state index in [1.54, 1.807) is 6.07 Å². The molecule has 0 saturated carbocycles. The second-order valence-electron chi connectivity index (χ2n) is 3.13. The molecule has 8 heteroatoms. The summed E-state index contributed by atoms with van der Waals surface area (Å²) in [6.45, 7) is 1.21. The van der Waals surface area contributed by atoms with E-state index in [2.05, 4.69) is 4.98 Å². The van der Waals surface area contributed by atoms with E-state index in [9.17, 15) is 13.2 Å². The molecule has 0 aliphatic carbocycles. The second kappa shape index (κ2) is 4.80. The number of rotatable bonds is 4. The number of carbonyl (C=O) groups is 1. The Bertz CT molecular complexity index is 576. The van der Waals surface area contributed by atoms with Gasteiger partial charge in [0.25, 0.3) is 0 Å². The molecule has 1 heterocycles. The summed E-state index contributed by atoms with van der Waals surface area (Å²) in [5.41, 5.74) is -0.283. The van der Waals surface area contributed by atoms with Crippen molar-refractivity contribution in [3.05, 3.63) is 23.9 Å². The molecule has 0 aliphatic heterocycles.